The first kappa shape index (κ1) is 74.6. The Morgan fingerprint density at radius 1 is 0.342 bits per heavy atom. The molecule has 5 heteroatoms. The normalized spacial score (nSPS) is 13.3. The van der Waals surface area contributed by atoms with E-state index in [0.29, 0.717) is 6.42 Å². The highest BCUT2D eigenvalue weighted by Gasteiger charge is 2.20. The van der Waals surface area contributed by atoms with E-state index in [2.05, 4.69) is 43.5 Å². The van der Waals surface area contributed by atoms with Gasteiger partial charge in [0.15, 0.2) is 0 Å². The van der Waals surface area contributed by atoms with Gasteiger partial charge >= 0.3 is 0 Å². The van der Waals surface area contributed by atoms with Crippen LogP contribution in [-0.4, -0.2) is 46.1 Å². The van der Waals surface area contributed by atoms with Gasteiger partial charge in [0.25, 0.3) is 0 Å². The van der Waals surface area contributed by atoms with Gasteiger partial charge in [-0.05, 0) is 51.4 Å². The molecule has 1 amide bonds. The molecule has 0 bridgehead atoms. The van der Waals surface area contributed by atoms with Gasteiger partial charge in [-0.1, -0.05) is 365 Å². The minimum absolute atomic E-state index is 0.0158. The van der Waals surface area contributed by atoms with Gasteiger partial charge in [-0.25, -0.2) is 0 Å². The van der Waals surface area contributed by atoms with Gasteiger partial charge in [-0.15, -0.1) is 0 Å². The fourth-order valence-electron chi connectivity index (χ4n) is 11.1. The third-order valence-corrected chi connectivity index (χ3v) is 16.4. The number of nitrogens with one attached hydrogen (secondary N) is 1. The van der Waals surface area contributed by atoms with E-state index < -0.39 is 18.2 Å². The third kappa shape index (κ3) is 61.8. The van der Waals surface area contributed by atoms with Crippen molar-refractivity contribution in [1.29, 1.82) is 0 Å². The summed E-state index contributed by atoms with van der Waals surface area (Å²) in [6.07, 6.45) is 88.3. The van der Waals surface area contributed by atoms with E-state index in [1.165, 1.54) is 327 Å². The fourth-order valence-corrected chi connectivity index (χ4v) is 11.1. The van der Waals surface area contributed by atoms with E-state index in [0.717, 1.165) is 32.1 Å². The molecule has 0 aromatic heterocycles. The van der Waals surface area contributed by atoms with Crippen LogP contribution in [0.2, 0.25) is 0 Å². The first-order valence-electron chi connectivity index (χ1n) is 34.8. The summed E-state index contributed by atoms with van der Waals surface area (Å²) in [4.78, 5) is 12.6. The molecule has 0 aromatic carbocycles. The summed E-state index contributed by atoms with van der Waals surface area (Å²) < 4.78 is 0. The molecule has 0 aliphatic heterocycles. The Morgan fingerprint density at radius 3 is 0.868 bits per heavy atom. The summed E-state index contributed by atoms with van der Waals surface area (Å²) >= 11 is 0. The monoisotopic (exact) mass is 1070 g/mol. The number of aliphatic hydroxyl groups excluding tert-OH is 3. The molecular weight excluding hydrogens is 931 g/mol. The van der Waals surface area contributed by atoms with Crippen LogP contribution in [0.4, 0.5) is 0 Å². The molecule has 450 valence electrons. The van der Waals surface area contributed by atoms with Crippen molar-refractivity contribution < 1.29 is 20.1 Å². The zero-order chi connectivity index (χ0) is 55.0. The van der Waals surface area contributed by atoms with Crippen molar-refractivity contribution in [3.63, 3.8) is 0 Å². The van der Waals surface area contributed by atoms with Gasteiger partial charge < -0.3 is 20.6 Å². The van der Waals surface area contributed by atoms with E-state index in [4.69, 9.17) is 0 Å². The lowest BCUT2D eigenvalue weighted by Gasteiger charge is -2.21. The van der Waals surface area contributed by atoms with Crippen molar-refractivity contribution in [2.45, 2.75) is 405 Å². The van der Waals surface area contributed by atoms with Crippen LogP contribution in [0.15, 0.2) is 36.5 Å². The van der Waals surface area contributed by atoms with Crippen LogP contribution in [0.5, 0.6) is 0 Å². The predicted molar refractivity (Wildman–Crippen MR) is 338 cm³/mol. The quantitative estimate of drug-likeness (QED) is 0.0361. The van der Waals surface area contributed by atoms with Crippen molar-refractivity contribution in [2.75, 3.05) is 6.61 Å². The molecule has 3 atom stereocenters. The molecule has 0 fully saturated rings. The Morgan fingerprint density at radius 2 is 0.592 bits per heavy atom. The lowest BCUT2D eigenvalue weighted by Crippen LogP contribution is -2.45. The highest BCUT2D eigenvalue weighted by molar-refractivity contribution is 5.76. The first-order valence-corrected chi connectivity index (χ1v) is 34.8. The van der Waals surface area contributed by atoms with E-state index in [-0.39, 0.29) is 18.9 Å². The number of carbonyl (C=O) groups is 1. The van der Waals surface area contributed by atoms with Crippen molar-refractivity contribution in [2.24, 2.45) is 0 Å². The summed E-state index contributed by atoms with van der Waals surface area (Å²) in [7, 11) is 0. The van der Waals surface area contributed by atoms with Gasteiger partial charge in [-0.2, -0.15) is 0 Å². The Bertz CT molecular complexity index is 1180. The van der Waals surface area contributed by atoms with Crippen LogP contribution in [0.3, 0.4) is 0 Å². The molecule has 0 saturated carbocycles. The fraction of sp³-hybridized carbons (Fsp3) is 0.901. The van der Waals surface area contributed by atoms with Gasteiger partial charge in [0.1, 0.15) is 0 Å². The number of carbonyl (C=O) groups excluding carboxylic acids is 1. The zero-order valence-electron chi connectivity index (χ0n) is 51.7. The summed E-state index contributed by atoms with van der Waals surface area (Å²) in [6, 6.07) is -0.746. The molecule has 0 rings (SSSR count). The van der Waals surface area contributed by atoms with Crippen molar-refractivity contribution in [1.82, 2.24) is 5.32 Å². The SMILES string of the molecule is CCCCCCCCCCCCCCCCC/C=C\C/C=C\CCCCCCCCCCCCCCCCCC(O)CC(=O)NC(CO)C(O)/C=C/CCCCCCCCCCCCCCCCCCCCCCCC. The number of amides is 1. The average molecular weight is 1070 g/mol. The smallest absolute Gasteiger partial charge is 0.222 e. The van der Waals surface area contributed by atoms with E-state index in [1.807, 2.05) is 6.08 Å². The summed E-state index contributed by atoms with van der Waals surface area (Å²) in [5, 5.41) is 33.6. The van der Waals surface area contributed by atoms with Crippen LogP contribution in [-0.2, 0) is 4.79 Å². The molecule has 5 nitrogen and oxygen atoms in total. The van der Waals surface area contributed by atoms with Crippen LogP contribution >= 0.6 is 0 Å². The van der Waals surface area contributed by atoms with Crippen LogP contribution < -0.4 is 5.32 Å². The number of hydrogen-bond acceptors (Lipinski definition) is 4. The molecule has 3 unspecified atom stereocenters. The largest absolute Gasteiger partial charge is 0.394 e. The maximum Gasteiger partial charge on any atom is 0.222 e. The Balaban J connectivity index is 3.49. The minimum Gasteiger partial charge on any atom is -0.394 e. The maximum absolute atomic E-state index is 12.6. The second-order valence-corrected chi connectivity index (χ2v) is 24.1. The van der Waals surface area contributed by atoms with E-state index in [1.54, 1.807) is 6.08 Å². The molecule has 76 heavy (non-hydrogen) atoms. The number of hydrogen-bond donors (Lipinski definition) is 4. The summed E-state index contributed by atoms with van der Waals surface area (Å²) in [6.45, 7) is 4.27. The molecular formula is C71H137NO4. The second kappa shape index (κ2) is 66.1. The summed E-state index contributed by atoms with van der Waals surface area (Å²) in [5.74, 6) is -0.309. The van der Waals surface area contributed by atoms with Crippen molar-refractivity contribution in [3.05, 3.63) is 36.5 Å². The van der Waals surface area contributed by atoms with E-state index >= 15 is 0 Å². The van der Waals surface area contributed by atoms with Crippen LogP contribution in [0.1, 0.15) is 386 Å². The lowest BCUT2D eigenvalue weighted by atomic mass is 10.0. The summed E-state index contributed by atoms with van der Waals surface area (Å²) in [5.41, 5.74) is 0. The second-order valence-electron chi connectivity index (χ2n) is 24.1. The van der Waals surface area contributed by atoms with Gasteiger partial charge in [0.2, 0.25) is 5.91 Å². The zero-order valence-corrected chi connectivity index (χ0v) is 51.7. The first-order chi connectivity index (χ1) is 37.5. The molecule has 0 heterocycles. The Hall–Kier alpha value is -1.43. The standard InChI is InChI=1S/C71H137NO4/c1-3-5-7-9-11-13-15-17-19-21-23-25-27-29-30-31-32-33-34-35-36-37-38-39-40-41-42-44-46-48-50-52-54-56-58-60-62-64-68(74)66-71(76)72-69(67-73)70(75)65-63-61-59-57-55-53-51-49-47-45-43-28-26-24-22-20-18-16-14-12-10-8-6-4-2/h32-33,35-36,63,65,68-70,73-75H,3-31,34,37-62,64,66-67H2,1-2H3,(H,72,76)/b33-32-,36-35-,65-63+. The van der Waals surface area contributed by atoms with Crippen LogP contribution in [0.25, 0.3) is 0 Å². The molecule has 0 saturated heterocycles. The number of unbranched alkanes of at least 4 members (excludes halogenated alkanes) is 52. The number of rotatable bonds is 65. The third-order valence-electron chi connectivity index (χ3n) is 16.4. The lowest BCUT2D eigenvalue weighted by molar-refractivity contribution is -0.124. The average Bonchev–Trinajstić information content (AvgIpc) is 3.42. The topological polar surface area (TPSA) is 89.8 Å². The molecule has 4 N–H and O–H groups in total. The number of allylic oxidation sites excluding steroid dienone is 5. The van der Waals surface area contributed by atoms with E-state index in [9.17, 15) is 20.1 Å². The molecule has 0 radical (unpaired) electrons. The highest BCUT2D eigenvalue weighted by atomic mass is 16.3. The van der Waals surface area contributed by atoms with Crippen molar-refractivity contribution in [3.8, 4) is 0 Å². The minimum atomic E-state index is -0.930. The predicted octanol–water partition coefficient (Wildman–Crippen LogP) is 22.5. The number of aliphatic hydroxyl groups is 3. The molecule has 0 aromatic rings. The van der Waals surface area contributed by atoms with Gasteiger partial charge in [0.05, 0.1) is 31.3 Å². The van der Waals surface area contributed by atoms with Crippen LogP contribution in [0, 0.1) is 0 Å². The maximum atomic E-state index is 12.6. The Kier molecular flexibility index (Phi) is 64.8. The van der Waals surface area contributed by atoms with Gasteiger partial charge in [0, 0.05) is 0 Å². The Labute approximate surface area is 476 Å². The highest BCUT2D eigenvalue weighted by Crippen LogP contribution is 2.19. The molecule has 0 aliphatic carbocycles. The molecule has 0 spiro atoms. The molecule has 0 aliphatic rings. The van der Waals surface area contributed by atoms with Crippen molar-refractivity contribution >= 4 is 5.91 Å². The van der Waals surface area contributed by atoms with Gasteiger partial charge in [-0.3, -0.25) is 4.79 Å².